The van der Waals surface area contributed by atoms with Crippen LogP contribution in [0.25, 0.3) is 6.08 Å². The summed E-state index contributed by atoms with van der Waals surface area (Å²) in [5.41, 5.74) is -0.386. The number of aliphatic carboxylic acids is 1. The number of hydrogen-bond donors (Lipinski definition) is 1. The number of ether oxygens (including phenoxy) is 2. The van der Waals surface area contributed by atoms with Gasteiger partial charge in [-0.2, -0.15) is 22.0 Å². The van der Waals surface area contributed by atoms with Crippen LogP contribution in [0.3, 0.4) is 0 Å². The van der Waals surface area contributed by atoms with Crippen LogP contribution in [-0.4, -0.2) is 23.9 Å². The maximum Gasteiger partial charge on any atom is 0.426 e. The summed E-state index contributed by atoms with van der Waals surface area (Å²) in [5, 5.41) is 8.55. The minimum absolute atomic E-state index is 0.250. The number of carboxylic acid groups (broad SMARTS) is 1. The van der Waals surface area contributed by atoms with E-state index in [-0.39, 0.29) is 5.75 Å². The average molecular weight is 434 g/mol. The SMILES string of the molecule is O=C(O)C=Cc1ccc(OC(F)(F)c2ccc(OCCCC(F)(F)F)c(F)c2)cc1. The van der Waals surface area contributed by atoms with Gasteiger partial charge in [0.15, 0.2) is 11.6 Å². The molecular weight excluding hydrogens is 418 g/mol. The summed E-state index contributed by atoms with van der Waals surface area (Å²) < 4.78 is 88.2. The van der Waals surface area contributed by atoms with Gasteiger partial charge < -0.3 is 14.6 Å². The van der Waals surface area contributed by atoms with Crippen molar-refractivity contribution in [2.75, 3.05) is 6.61 Å². The fraction of sp³-hybridized carbons (Fsp3) is 0.250. The second kappa shape index (κ2) is 9.55. The molecule has 162 valence electrons. The Morgan fingerprint density at radius 2 is 1.70 bits per heavy atom. The average Bonchev–Trinajstić information content (AvgIpc) is 2.64. The number of rotatable bonds is 9. The fourth-order valence-electron chi connectivity index (χ4n) is 2.28. The molecule has 30 heavy (non-hydrogen) atoms. The summed E-state index contributed by atoms with van der Waals surface area (Å²) in [6.45, 7) is -0.425. The summed E-state index contributed by atoms with van der Waals surface area (Å²) >= 11 is 0. The van der Waals surface area contributed by atoms with Gasteiger partial charge in [-0.3, -0.25) is 0 Å². The van der Waals surface area contributed by atoms with E-state index in [4.69, 9.17) is 9.84 Å². The van der Waals surface area contributed by atoms with Crippen LogP contribution in [0, 0.1) is 5.82 Å². The van der Waals surface area contributed by atoms with E-state index in [0.717, 1.165) is 18.2 Å². The molecule has 0 radical (unpaired) electrons. The third-order valence-corrected chi connectivity index (χ3v) is 3.67. The molecule has 0 heterocycles. The molecule has 4 nitrogen and oxygen atoms in total. The zero-order valence-corrected chi connectivity index (χ0v) is 15.3. The van der Waals surface area contributed by atoms with Gasteiger partial charge in [0.2, 0.25) is 0 Å². The number of hydrogen-bond acceptors (Lipinski definition) is 3. The Hall–Kier alpha value is -3.17. The summed E-state index contributed by atoms with van der Waals surface area (Å²) in [7, 11) is 0. The highest BCUT2D eigenvalue weighted by Gasteiger charge is 2.35. The van der Waals surface area contributed by atoms with Crippen LogP contribution in [0.2, 0.25) is 0 Å². The van der Waals surface area contributed by atoms with Gasteiger partial charge in [-0.25, -0.2) is 9.18 Å². The van der Waals surface area contributed by atoms with Crippen LogP contribution < -0.4 is 9.47 Å². The normalized spacial score (nSPS) is 12.2. The van der Waals surface area contributed by atoms with Crippen molar-refractivity contribution in [3.8, 4) is 11.5 Å². The minimum Gasteiger partial charge on any atom is -0.491 e. The summed E-state index contributed by atoms with van der Waals surface area (Å²) in [4.78, 5) is 10.5. The lowest BCUT2D eigenvalue weighted by atomic mass is 10.2. The third-order valence-electron chi connectivity index (χ3n) is 3.67. The zero-order valence-electron chi connectivity index (χ0n) is 15.3. The molecule has 0 unspecified atom stereocenters. The number of halogens is 6. The van der Waals surface area contributed by atoms with E-state index in [9.17, 15) is 31.1 Å². The van der Waals surface area contributed by atoms with Crippen LogP contribution >= 0.6 is 0 Å². The van der Waals surface area contributed by atoms with Gasteiger partial charge in [-0.05, 0) is 48.4 Å². The quantitative estimate of drug-likeness (QED) is 0.309. The second-order valence-electron chi connectivity index (χ2n) is 6.07. The molecule has 2 aromatic carbocycles. The van der Waals surface area contributed by atoms with Crippen molar-refractivity contribution in [3.05, 3.63) is 65.5 Å². The topological polar surface area (TPSA) is 55.8 Å². The first kappa shape index (κ1) is 23.1. The fourth-order valence-corrected chi connectivity index (χ4v) is 2.28. The molecule has 10 heteroatoms. The van der Waals surface area contributed by atoms with Gasteiger partial charge >= 0.3 is 18.3 Å². The highest BCUT2D eigenvalue weighted by Crippen LogP contribution is 2.34. The van der Waals surface area contributed by atoms with Crippen molar-refractivity contribution < 1.29 is 45.7 Å². The lowest BCUT2D eigenvalue weighted by molar-refractivity contribution is -0.185. The predicted octanol–water partition coefficient (Wildman–Crippen LogP) is 5.77. The molecule has 2 aromatic rings. The van der Waals surface area contributed by atoms with Crippen molar-refractivity contribution in [3.63, 3.8) is 0 Å². The smallest absolute Gasteiger partial charge is 0.426 e. The van der Waals surface area contributed by atoms with Crippen LogP contribution in [-0.2, 0) is 10.9 Å². The Kier molecular flexibility index (Phi) is 7.36. The lowest BCUT2D eigenvalue weighted by Gasteiger charge is -2.19. The Balaban J connectivity index is 2.01. The number of alkyl halides is 5. The standard InChI is InChI=1S/C20H16F6O4/c21-16-12-14(5-8-17(16)29-11-1-10-19(22,23)24)20(25,26)30-15-6-2-13(3-7-15)4-9-18(27)28/h2-9,12H,1,10-11H2,(H,27,28). The zero-order chi connectivity index (χ0) is 22.4. The summed E-state index contributed by atoms with van der Waals surface area (Å²) in [6, 6.07) is 7.27. The highest BCUT2D eigenvalue weighted by molar-refractivity contribution is 5.85. The Morgan fingerprint density at radius 3 is 2.27 bits per heavy atom. The van der Waals surface area contributed by atoms with E-state index in [2.05, 4.69) is 4.74 Å². The van der Waals surface area contributed by atoms with Crippen LogP contribution in [0.4, 0.5) is 26.3 Å². The minimum atomic E-state index is -4.37. The van der Waals surface area contributed by atoms with E-state index in [1.54, 1.807) is 0 Å². The van der Waals surface area contributed by atoms with Gasteiger partial charge in [-0.1, -0.05) is 12.1 Å². The van der Waals surface area contributed by atoms with Gasteiger partial charge in [0, 0.05) is 12.5 Å². The van der Waals surface area contributed by atoms with Crippen molar-refractivity contribution in [1.29, 1.82) is 0 Å². The van der Waals surface area contributed by atoms with Gasteiger partial charge in [-0.15, -0.1) is 0 Å². The molecule has 0 aliphatic rings. The van der Waals surface area contributed by atoms with Crippen molar-refractivity contribution in [1.82, 2.24) is 0 Å². The predicted molar refractivity (Wildman–Crippen MR) is 94.8 cm³/mol. The van der Waals surface area contributed by atoms with Crippen molar-refractivity contribution >= 4 is 12.0 Å². The summed E-state index contributed by atoms with van der Waals surface area (Å²) in [5.74, 6) is -3.04. The third kappa shape index (κ3) is 7.34. The lowest BCUT2D eigenvalue weighted by Crippen LogP contribution is -2.22. The molecule has 0 aromatic heterocycles. The van der Waals surface area contributed by atoms with Crippen LogP contribution in [0.1, 0.15) is 24.0 Å². The van der Waals surface area contributed by atoms with Crippen LogP contribution in [0.15, 0.2) is 48.5 Å². The van der Waals surface area contributed by atoms with E-state index < -0.39 is 54.8 Å². The first-order valence-corrected chi connectivity index (χ1v) is 8.54. The molecule has 0 amide bonds. The van der Waals surface area contributed by atoms with Gasteiger partial charge in [0.1, 0.15) is 5.75 Å². The number of benzene rings is 2. The molecule has 0 atom stereocenters. The van der Waals surface area contributed by atoms with Gasteiger partial charge in [0.05, 0.1) is 12.2 Å². The first-order chi connectivity index (χ1) is 14.0. The van der Waals surface area contributed by atoms with Gasteiger partial charge in [0.25, 0.3) is 0 Å². The Bertz CT molecular complexity index is 891. The largest absolute Gasteiger partial charge is 0.491 e. The molecular formula is C20H16F6O4. The molecule has 0 aliphatic heterocycles. The Morgan fingerprint density at radius 1 is 1.03 bits per heavy atom. The molecule has 2 rings (SSSR count). The maximum atomic E-state index is 14.3. The Labute approximate surface area is 167 Å². The molecule has 0 saturated heterocycles. The monoisotopic (exact) mass is 434 g/mol. The number of carboxylic acids is 1. The van der Waals surface area contributed by atoms with E-state index in [0.29, 0.717) is 11.6 Å². The highest BCUT2D eigenvalue weighted by atomic mass is 19.4. The molecule has 0 spiro atoms. The van der Waals surface area contributed by atoms with E-state index in [1.807, 2.05) is 0 Å². The molecule has 0 aliphatic carbocycles. The summed E-state index contributed by atoms with van der Waals surface area (Å²) in [6.07, 6.45) is -7.65. The molecule has 1 N–H and O–H groups in total. The van der Waals surface area contributed by atoms with Crippen molar-refractivity contribution in [2.24, 2.45) is 0 Å². The van der Waals surface area contributed by atoms with E-state index >= 15 is 0 Å². The van der Waals surface area contributed by atoms with Crippen LogP contribution in [0.5, 0.6) is 11.5 Å². The molecule has 0 saturated carbocycles. The van der Waals surface area contributed by atoms with E-state index in [1.165, 1.54) is 30.3 Å². The maximum absolute atomic E-state index is 14.3. The molecule has 0 bridgehead atoms. The molecule has 0 fully saturated rings. The first-order valence-electron chi connectivity index (χ1n) is 8.54. The van der Waals surface area contributed by atoms with Crippen molar-refractivity contribution in [2.45, 2.75) is 25.1 Å². The second-order valence-corrected chi connectivity index (χ2v) is 6.07. The number of carbonyl (C=O) groups is 1.